The molecule has 4 N–H and O–H groups in total. The number of nitrogens with one attached hydrogen (secondary N) is 2. The second-order valence-corrected chi connectivity index (χ2v) is 8.79. The molecule has 8 heteroatoms. The van der Waals surface area contributed by atoms with Crippen LogP contribution in [0.5, 0.6) is 0 Å². The first kappa shape index (κ1) is 20.5. The van der Waals surface area contributed by atoms with Gasteiger partial charge in [-0.3, -0.25) is 19.7 Å². The fourth-order valence-electron chi connectivity index (χ4n) is 4.73. The van der Waals surface area contributed by atoms with Crippen LogP contribution in [0.3, 0.4) is 0 Å². The molecule has 0 bridgehead atoms. The Balaban J connectivity index is 1.22. The molecule has 166 valence electrons. The Hall–Kier alpha value is -3.39. The van der Waals surface area contributed by atoms with Crippen molar-refractivity contribution in [3.63, 3.8) is 0 Å². The van der Waals surface area contributed by atoms with Crippen LogP contribution < -0.4 is 21.3 Å². The molecule has 2 saturated heterocycles. The van der Waals surface area contributed by atoms with Crippen LogP contribution in [0.15, 0.2) is 42.5 Å². The molecule has 8 nitrogen and oxygen atoms in total. The van der Waals surface area contributed by atoms with Crippen molar-refractivity contribution in [1.29, 1.82) is 0 Å². The van der Waals surface area contributed by atoms with E-state index in [0.29, 0.717) is 25.1 Å². The van der Waals surface area contributed by atoms with Gasteiger partial charge in [-0.1, -0.05) is 12.1 Å². The molecule has 5 rings (SSSR count). The molecule has 0 radical (unpaired) electrons. The Labute approximate surface area is 186 Å². The molecular formula is C24H27N5O3. The molecule has 3 heterocycles. The van der Waals surface area contributed by atoms with Gasteiger partial charge in [-0.2, -0.15) is 0 Å². The summed E-state index contributed by atoms with van der Waals surface area (Å²) in [6.07, 6.45) is 1.66. The first-order valence-corrected chi connectivity index (χ1v) is 11.1. The molecule has 2 aromatic carbocycles. The van der Waals surface area contributed by atoms with Crippen LogP contribution >= 0.6 is 0 Å². The number of nitrogens with zero attached hydrogens (tertiary/aromatic N) is 2. The van der Waals surface area contributed by atoms with E-state index in [1.807, 2.05) is 18.2 Å². The molecule has 0 aliphatic carbocycles. The zero-order valence-corrected chi connectivity index (χ0v) is 17.8. The number of hydrogen-bond donors (Lipinski definition) is 3. The van der Waals surface area contributed by atoms with Crippen LogP contribution in [-0.2, 0) is 22.7 Å². The number of piperidine rings is 1. The van der Waals surface area contributed by atoms with E-state index in [1.54, 1.807) is 4.90 Å². The molecule has 3 amide bonds. The topological polar surface area (TPSA) is 108 Å². The van der Waals surface area contributed by atoms with Crippen LogP contribution in [-0.4, -0.2) is 47.8 Å². The maximum Gasteiger partial charge on any atom is 0.255 e. The molecule has 0 aromatic heterocycles. The van der Waals surface area contributed by atoms with Gasteiger partial charge in [-0.05, 0) is 54.3 Å². The number of rotatable bonds is 5. The summed E-state index contributed by atoms with van der Waals surface area (Å²) >= 11 is 0. The summed E-state index contributed by atoms with van der Waals surface area (Å²) in [4.78, 5) is 40.4. The second-order valence-electron chi connectivity index (χ2n) is 8.79. The van der Waals surface area contributed by atoms with E-state index >= 15 is 0 Å². The highest BCUT2D eigenvalue weighted by molar-refractivity contribution is 6.05. The van der Waals surface area contributed by atoms with E-state index in [0.717, 1.165) is 36.3 Å². The van der Waals surface area contributed by atoms with Gasteiger partial charge in [-0.15, -0.1) is 0 Å². The van der Waals surface area contributed by atoms with E-state index in [1.165, 1.54) is 5.69 Å². The zero-order valence-electron chi connectivity index (χ0n) is 17.8. The lowest BCUT2D eigenvalue weighted by atomic mass is 10.0. The largest absolute Gasteiger partial charge is 0.381 e. The summed E-state index contributed by atoms with van der Waals surface area (Å²) in [5.74, 6) is -0.811. The number of amides is 3. The maximum atomic E-state index is 13.0. The summed E-state index contributed by atoms with van der Waals surface area (Å²) in [7, 11) is 0. The Morgan fingerprint density at radius 3 is 2.59 bits per heavy atom. The smallest absolute Gasteiger partial charge is 0.255 e. The summed E-state index contributed by atoms with van der Waals surface area (Å²) < 4.78 is 0. The SMILES string of the molecule is NC1CCN(c2ccc(NCc3ccc4c(c3)C(=O)N(C3CCC(=O)NC3=O)C4)cc2)C1. The van der Waals surface area contributed by atoms with E-state index in [2.05, 4.69) is 39.8 Å². The normalized spacial score (nSPS) is 22.8. The van der Waals surface area contributed by atoms with Gasteiger partial charge in [0.2, 0.25) is 11.8 Å². The number of imide groups is 1. The minimum absolute atomic E-state index is 0.149. The molecule has 2 aromatic rings. The lowest BCUT2D eigenvalue weighted by Gasteiger charge is -2.29. The van der Waals surface area contributed by atoms with Crippen LogP contribution in [0.1, 0.15) is 40.7 Å². The van der Waals surface area contributed by atoms with Gasteiger partial charge in [0.15, 0.2) is 0 Å². The predicted molar refractivity (Wildman–Crippen MR) is 121 cm³/mol. The van der Waals surface area contributed by atoms with E-state index in [4.69, 9.17) is 5.73 Å². The van der Waals surface area contributed by atoms with Crippen molar-refractivity contribution in [2.75, 3.05) is 23.3 Å². The molecule has 2 fully saturated rings. The van der Waals surface area contributed by atoms with E-state index < -0.39 is 6.04 Å². The van der Waals surface area contributed by atoms with Gasteiger partial charge < -0.3 is 20.9 Å². The molecule has 2 unspecified atom stereocenters. The fraction of sp³-hybridized carbons (Fsp3) is 0.375. The molecule has 3 aliphatic rings. The number of benzene rings is 2. The van der Waals surface area contributed by atoms with E-state index in [9.17, 15) is 14.4 Å². The number of carbonyl (C=O) groups is 3. The Morgan fingerprint density at radius 1 is 1.06 bits per heavy atom. The van der Waals surface area contributed by atoms with Crippen LogP contribution in [0.4, 0.5) is 11.4 Å². The lowest BCUT2D eigenvalue weighted by molar-refractivity contribution is -0.136. The standard InChI is InChI=1S/C24H27N5O3/c25-17-9-10-28(14-17)19-5-3-18(4-6-19)26-12-15-1-2-16-13-29(24(32)20(16)11-15)21-7-8-22(30)27-23(21)31/h1-6,11,17,21,26H,7-10,12-14,25H2,(H,27,30,31). The third-order valence-corrected chi connectivity index (χ3v) is 6.55. The molecular weight excluding hydrogens is 406 g/mol. The molecule has 0 spiro atoms. The third kappa shape index (κ3) is 3.93. The highest BCUT2D eigenvalue weighted by Gasteiger charge is 2.39. The van der Waals surface area contributed by atoms with Gasteiger partial charge in [-0.25, -0.2) is 0 Å². The second kappa shape index (κ2) is 8.27. The van der Waals surface area contributed by atoms with Crippen molar-refractivity contribution in [2.45, 2.75) is 44.4 Å². The third-order valence-electron chi connectivity index (χ3n) is 6.55. The first-order chi connectivity index (χ1) is 15.5. The monoisotopic (exact) mass is 433 g/mol. The highest BCUT2D eigenvalue weighted by Crippen LogP contribution is 2.28. The minimum Gasteiger partial charge on any atom is -0.381 e. The molecule has 32 heavy (non-hydrogen) atoms. The van der Waals surface area contributed by atoms with Gasteiger partial charge in [0.25, 0.3) is 5.91 Å². The average Bonchev–Trinajstić information content (AvgIpc) is 3.36. The molecule has 0 saturated carbocycles. The van der Waals surface area contributed by atoms with Crippen molar-refractivity contribution >= 4 is 29.1 Å². The summed E-state index contributed by atoms with van der Waals surface area (Å²) in [6, 6.07) is 13.8. The summed E-state index contributed by atoms with van der Waals surface area (Å²) in [5.41, 5.74) is 10.7. The summed E-state index contributed by atoms with van der Waals surface area (Å²) in [5, 5.41) is 5.75. The van der Waals surface area contributed by atoms with Gasteiger partial charge in [0.1, 0.15) is 6.04 Å². The van der Waals surface area contributed by atoms with Gasteiger partial charge in [0.05, 0.1) is 0 Å². The quantitative estimate of drug-likeness (QED) is 0.618. The van der Waals surface area contributed by atoms with Gasteiger partial charge in [0, 0.05) is 55.6 Å². The number of carbonyl (C=O) groups excluding carboxylic acids is 3. The number of hydrogen-bond acceptors (Lipinski definition) is 6. The van der Waals surface area contributed by atoms with Gasteiger partial charge >= 0.3 is 0 Å². The van der Waals surface area contributed by atoms with Crippen LogP contribution in [0, 0.1) is 0 Å². The molecule has 3 aliphatic heterocycles. The van der Waals surface area contributed by atoms with Crippen molar-refractivity contribution in [2.24, 2.45) is 5.73 Å². The van der Waals surface area contributed by atoms with E-state index in [-0.39, 0.29) is 30.2 Å². The fourth-order valence-corrected chi connectivity index (χ4v) is 4.73. The highest BCUT2D eigenvalue weighted by atomic mass is 16.2. The number of nitrogens with two attached hydrogens (primary N) is 1. The first-order valence-electron chi connectivity index (χ1n) is 11.1. The van der Waals surface area contributed by atoms with Crippen LogP contribution in [0.2, 0.25) is 0 Å². The maximum absolute atomic E-state index is 13.0. The molecule has 2 atom stereocenters. The summed E-state index contributed by atoms with van der Waals surface area (Å²) in [6.45, 7) is 2.88. The Kier molecular flexibility index (Phi) is 5.30. The predicted octanol–water partition coefficient (Wildman–Crippen LogP) is 1.60. The van der Waals surface area contributed by atoms with Crippen LogP contribution in [0.25, 0.3) is 0 Å². The van der Waals surface area contributed by atoms with Crippen molar-refractivity contribution < 1.29 is 14.4 Å². The van der Waals surface area contributed by atoms with Crippen molar-refractivity contribution in [3.8, 4) is 0 Å². The Bertz CT molecular complexity index is 1070. The van der Waals surface area contributed by atoms with Crippen molar-refractivity contribution in [1.82, 2.24) is 10.2 Å². The zero-order chi connectivity index (χ0) is 22.2. The van der Waals surface area contributed by atoms with Crippen molar-refractivity contribution in [3.05, 3.63) is 59.2 Å². The average molecular weight is 434 g/mol. The minimum atomic E-state index is -0.585. The Morgan fingerprint density at radius 2 is 1.88 bits per heavy atom. The number of fused-ring (bicyclic) bond motifs is 1. The lowest BCUT2D eigenvalue weighted by Crippen LogP contribution is -2.52. The number of anilines is 2.